The largest absolute Gasteiger partial charge is 0.307 e. The van der Waals surface area contributed by atoms with Crippen molar-refractivity contribution in [3.05, 3.63) is 16.2 Å². The summed E-state index contributed by atoms with van der Waals surface area (Å²) in [6.07, 6.45) is 1.48. The number of thiophene rings is 1. The predicted octanol–water partition coefficient (Wildman–Crippen LogP) is 2.16. The average Bonchev–Trinajstić information content (AvgIpc) is 2.48. The Hall–Kier alpha value is -0.430. The number of halogens is 2. The molecule has 0 aliphatic heterocycles. The topological polar surface area (TPSA) is 63.8 Å². The number of rotatable bonds is 1. The molecule has 3 N–H and O–H groups in total. The number of hydrogen-bond donors (Lipinski definition) is 2. The fourth-order valence-electron chi connectivity index (χ4n) is 0.925. The summed E-state index contributed by atoms with van der Waals surface area (Å²) < 4.78 is 1.94. The number of nitrogen functional groups attached to an aromatic ring is 1. The van der Waals surface area contributed by atoms with E-state index in [1.165, 1.54) is 6.33 Å². The van der Waals surface area contributed by atoms with Crippen LogP contribution in [-0.2, 0) is 0 Å². The van der Waals surface area contributed by atoms with Gasteiger partial charge in [0.1, 0.15) is 11.8 Å². The Morgan fingerprint density at radius 2 is 2.23 bits per heavy atom. The maximum absolute atomic E-state index is 5.28. The molecule has 0 radical (unpaired) electrons. The van der Waals surface area contributed by atoms with E-state index >= 15 is 0 Å². The molecule has 0 aliphatic rings. The summed E-state index contributed by atoms with van der Waals surface area (Å²) in [6.45, 7) is 0. The predicted molar refractivity (Wildman–Crippen MR) is 60.2 cm³/mol. The number of anilines is 1. The number of hydrogen-bond acceptors (Lipinski definition) is 5. The molecule has 0 aliphatic carbocycles. The molecule has 0 unspecified atom stereocenters. The Balaban J connectivity index is 0.000000845. The normalized spacial score (nSPS) is 9.69. The Bertz CT molecular complexity index is 418. The van der Waals surface area contributed by atoms with E-state index in [2.05, 4.69) is 31.3 Å². The molecule has 0 atom stereocenters. The highest BCUT2D eigenvalue weighted by Gasteiger charge is 2.06. The number of aromatic nitrogens is 2. The van der Waals surface area contributed by atoms with Gasteiger partial charge in [0, 0.05) is 5.38 Å². The van der Waals surface area contributed by atoms with E-state index in [0.29, 0.717) is 5.82 Å². The van der Waals surface area contributed by atoms with Crippen molar-refractivity contribution in [2.24, 2.45) is 5.84 Å². The Kier molecular flexibility index (Phi) is 3.43. The first-order valence-electron chi connectivity index (χ1n) is 3.17. The van der Waals surface area contributed by atoms with Crippen molar-refractivity contribution in [1.82, 2.24) is 9.97 Å². The van der Waals surface area contributed by atoms with Crippen molar-refractivity contribution in [3.63, 3.8) is 0 Å². The second-order valence-corrected chi connectivity index (χ2v) is 3.86. The van der Waals surface area contributed by atoms with Crippen molar-refractivity contribution in [2.45, 2.75) is 0 Å². The maximum atomic E-state index is 5.28. The van der Waals surface area contributed by atoms with Crippen LogP contribution in [0.4, 0.5) is 5.82 Å². The summed E-state index contributed by atoms with van der Waals surface area (Å²) in [5, 5.41) is 1.96. The van der Waals surface area contributed by atoms with Gasteiger partial charge in [-0.2, -0.15) is 0 Å². The van der Waals surface area contributed by atoms with Crippen LogP contribution in [0, 0.1) is 0 Å². The summed E-state index contributed by atoms with van der Waals surface area (Å²) in [5.74, 6) is 5.94. The molecule has 2 aromatic heterocycles. The summed E-state index contributed by atoms with van der Waals surface area (Å²) in [7, 11) is 0. The molecule has 2 rings (SSSR count). The average molecular weight is 282 g/mol. The van der Waals surface area contributed by atoms with Gasteiger partial charge in [-0.25, -0.2) is 15.8 Å². The molecule has 0 saturated heterocycles. The number of nitrogens with one attached hydrogen (secondary N) is 1. The number of hydrazine groups is 1. The summed E-state index contributed by atoms with van der Waals surface area (Å²) in [6, 6.07) is 0. The van der Waals surface area contributed by atoms with E-state index in [1.807, 2.05) is 5.38 Å². The van der Waals surface area contributed by atoms with Gasteiger partial charge in [0.25, 0.3) is 0 Å². The van der Waals surface area contributed by atoms with Crippen LogP contribution in [-0.4, -0.2) is 9.97 Å². The van der Waals surface area contributed by atoms with E-state index in [0.717, 1.165) is 14.7 Å². The van der Waals surface area contributed by atoms with Gasteiger partial charge in [0.05, 0.1) is 9.17 Å². The SMILES string of the molecule is Cl.NNc1ncnc2c(Br)csc12. The molecule has 4 nitrogen and oxygen atoms in total. The lowest BCUT2D eigenvalue weighted by molar-refractivity contribution is 1.19. The minimum atomic E-state index is 0. The third-order valence-corrected chi connectivity index (χ3v) is 3.33. The second kappa shape index (κ2) is 4.19. The highest BCUT2D eigenvalue weighted by atomic mass is 79.9. The first-order chi connectivity index (χ1) is 5.83. The molecule has 0 spiro atoms. The molecule has 0 saturated carbocycles. The van der Waals surface area contributed by atoms with Gasteiger partial charge < -0.3 is 5.43 Å². The van der Waals surface area contributed by atoms with Gasteiger partial charge in [-0.15, -0.1) is 23.7 Å². The molecule has 0 aromatic carbocycles. The van der Waals surface area contributed by atoms with E-state index < -0.39 is 0 Å². The lowest BCUT2D eigenvalue weighted by Crippen LogP contribution is -2.08. The third-order valence-electron chi connectivity index (χ3n) is 1.45. The molecule has 70 valence electrons. The van der Waals surface area contributed by atoms with Crippen molar-refractivity contribution in [3.8, 4) is 0 Å². The highest BCUT2D eigenvalue weighted by Crippen LogP contribution is 2.31. The highest BCUT2D eigenvalue weighted by molar-refractivity contribution is 9.10. The molecule has 7 heteroatoms. The minimum Gasteiger partial charge on any atom is -0.307 e. The Morgan fingerprint density at radius 1 is 1.46 bits per heavy atom. The van der Waals surface area contributed by atoms with Gasteiger partial charge in [0.15, 0.2) is 5.82 Å². The summed E-state index contributed by atoms with van der Waals surface area (Å²) in [5.41, 5.74) is 3.41. The standard InChI is InChI=1S/C6H5BrN4S.ClH/c7-3-1-12-5-4(3)9-2-10-6(5)11-8;/h1-2H,8H2,(H,9,10,11);1H. The zero-order valence-corrected chi connectivity index (χ0v) is 9.54. The smallest absolute Gasteiger partial charge is 0.161 e. The van der Waals surface area contributed by atoms with Crippen LogP contribution in [0.5, 0.6) is 0 Å². The van der Waals surface area contributed by atoms with E-state index in [4.69, 9.17) is 5.84 Å². The number of nitrogens with zero attached hydrogens (tertiary/aromatic N) is 2. The van der Waals surface area contributed by atoms with Crippen LogP contribution in [0.15, 0.2) is 16.2 Å². The minimum absolute atomic E-state index is 0. The Morgan fingerprint density at radius 3 is 2.92 bits per heavy atom. The lowest BCUT2D eigenvalue weighted by atomic mass is 10.4. The molecular formula is C6H6BrClN4S. The second-order valence-electron chi connectivity index (χ2n) is 2.13. The van der Waals surface area contributed by atoms with Crippen LogP contribution in [0.2, 0.25) is 0 Å². The van der Waals surface area contributed by atoms with E-state index in [1.54, 1.807) is 11.3 Å². The molecule has 2 heterocycles. The summed E-state index contributed by atoms with van der Waals surface area (Å²) in [4.78, 5) is 8.09. The maximum Gasteiger partial charge on any atom is 0.161 e. The van der Waals surface area contributed by atoms with Crippen LogP contribution in [0.25, 0.3) is 10.2 Å². The van der Waals surface area contributed by atoms with Crippen LogP contribution in [0.3, 0.4) is 0 Å². The van der Waals surface area contributed by atoms with Crippen molar-refractivity contribution in [2.75, 3.05) is 5.43 Å². The fourth-order valence-corrected chi connectivity index (χ4v) is 2.47. The quantitative estimate of drug-likeness (QED) is 0.621. The van der Waals surface area contributed by atoms with Gasteiger partial charge in [-0.05, 0) is 15.9 Å². The number of fused-ring (bicyclic) bond motifs is 1. The fraction of sp³-hybridized carbons (Fsp3) is 0. The van der Waals surface area contributed by atoms with Gasteiger partial charge in [-0.3, -0.25) is 0 Å². The first-order valence-corrected chi connectivity index (χ1v) is 4.84. The molecule has 13 heavy (non-hydrogen) atoms. The molecule has 0 amide bonds. The first kappa shape index (κ1) is 10.6. The lowest BCUT2D eigenvalue weighted by Gasteiger charge is -1.97. The molecular weight excluding hydrogens is 276 g/mol. The third kappa shape index (κ3) is 1.76. The zero-order chi connectivity index (χ0) is 8.55. The monoisotopic (exact) mass is 280 g/mol. The summed E-state index contributed by atoms with van der Waals surface area (Å²) >= 11 is 4.93. The molecule has 2 aromatic rings. The van der Waals surface area contributed by atoms with Crippen molar-refractivity contribution >= 4 is 55.7 Å². The van der Waals surface area contributed by atoms with Crippen molar-refractivity contribution in [1.29, 1.82) is 0 Å². The molecule has 0 bridgehead atoms. The zero-order valence-electron chi connectivity index (χ0n) is 6.32. The number of nitrogens with two attached hydrogens (primary N) is 1. The van der Waals surface area contributed by atoms with E-state index in [-0.39, 0.29) is 12.4 Å². The van der Waals surface area contributed by atoms with Crippen LogP contribution in [0.1, 0.15) is 0 Å². The Labute approximate surface area is 93.1 Å². The molecule has 0 fully saturated rings. The van der Waals surface area contributed by atoms with E-state index in [9.17, 15) is 0 Å². The van der Waals surface area contributed by atoms with Crippen LogP contribution >= 0.6 is 39.7 Å². The van der Waals surface area contributed by atoms with Gasteiger partial charge in [-0.1, -0.05) is 0 Å². The van der Waals surface area contributed by atoms with Crippen LogP contribution < -0.4 is 11.3 Å². The van der Waals surface area contributed by atoms with Gasteiger partial charge >= 0.3 is 0 Å². The van der Waals surface area contributed by atoms with Gasteiger partial charge in [0.2, 0.25) is 0 Å². The van der Waals surface area contributed by atoms with Crippen molar-refractivity contribution < 1.29 is 0 Å².